The number of hydrogen-bond acceptors (Lipinski definition) is 10. The predicted molar refractivity (Wildman–Crippen MR) is 152 cm³/mol. The number of ether oxygens (including phenoxy) is 2. The highest BCUT2D eigenvalue weighted by Gasteiger charge is 2.38. The quantitative estimate of drug-likeness (QED) is 0.370. The van der Waals surface area contributed by atoms with Crippen molar-refractivity contribution in [3.8, 4) is 17.1 Å². The van der Waals surface area contributed by atoms with Gasteiger partial charge in [0.2, 0.25) is 0 Å². The number of nitrogens with zero attached hydrogens (tertiary/aromatic N) is 5. The average Bonchev–Trinajstić information content (AvgIpc) is 3.66. The number of anilines is 2. The predicted octanol–water partition coefficient (Wildman–Crippen LogP) is 3.93. The third kappa shape index (κ3) is 4.36. The molecule has 12 heteroatoms. The molecule has 3 aliphatic rings. The summed E-state index contributed by atoms with van der Waals surface area (Å²) in [4.78, 5) is 18.4. The third-order valence-electron chi connectivity index (χ3n) is 8.11. The minimum atomic E-state index is -0.530. The number of rotatable bonds is 5. The van der Waals surface area contributed by atoms with E-state index in [1.165, 1.54) is 11.3 Å². The molecule has 39 heavy (non-hydrogen) atoms. The number of piperazine rings is 1. The summed E-state index contributed by atoms with van der Waals surface area (Å²) in [5, 5.41) is 4.74. The fourth-order valence-electron chi connectivity index (χ4n) is 6.06. The maximum absolute atomic E-state index is 16.6. The number of hydrogen-bond donors (Lipinski definition) is 2. The summed E-state index contributed by atoms with van der Waals surface area (Å²) in [6.07, 6.45) is 2.17. The van der Waals surface area contributed by atoms with E-state index in [4.69, 9.17) is 31.8 Å². The van der Waals surface area contributed by atoms with Gasteiger partial charge >= 0.3 is 6.01 Å². The van der Waals surface area contributed by atoms with E-state index in [1.807, 2.05) is 18.2 Å². The van der Waals surface area contributed by atoms with Gasteiger partial charge in [-0.2, -0.15) is 9.97 Å². The number of nitrogen functional groups attached to an aromatic ring is 1. The van der Waals surface area contributed by atoms with Crippen molar-refractivity contribution in [3.05, 3.63) is 35.1 Å². The summed E-state index contributed by atoms with van der Waals surface area (Å²) in [5.74, 6) is 0.0812. The summed E-state index contributed by atoms with van der Waals surface area (Å²) in [6.45, 7) is 4.12. The van der Waals surface area contributed by atoms with Gasteiger partial charge in [0.25, 0.3) is 0 Å². The normalized spacial score (nSPS) is 23.7. The van der Waals surface area contributed by atoms with E-state index in [1.54, 1.807) is 6.07 Å². The molecule has 3 fully saturated rings. The average molecular weight is 570 g/mol. The molecule has 9 nitrogen and oxygen atoms in total. The number of nitrogens with one attached hydrogen (secondary N) is 1. The van der Waals surface area contributed by atoms with Gasteiger partial charge < -0.3 is 30.3 Å². The van der Waals surface area contributed by atoms with Gasteiger partial charge in [-0.05, 0) is 38.6 Å². The molecule has 204 valence electrons. The van der Waals surface area contributed by atoms with Gasteiger partial charge in [0, 0.05) is 35.6 Å². The summed E-state index contributed by atoms with van der Waals surface area (Å²) in [6, 6.07) is 8.02. The lowest BCUT2D eigenvalue weighted by Crippen LogP contribution is -2.57. The fourth-order valence-corrected chi connectivity index (χ4v) is 7.12. The number of para-hydroxylation sites is 1. The lowest BCUT2D eigenvalue weighted by Gasteiger charge is -2.38. The second-order valence-electron chi connectivity index (χ2n) is 10.4. The minimum absolute atomic E-state index is 0.0684. The van der Waals surface area contributed by atoms with Crippen molar-refractivity contribution >= 4 is 55.0 Å². The summed E-state index contributed by atoms with van der Waals surface area (Å²) in [7, 11) is 2.09. The van der Waals surface area contributed by atoms with E-state index >= 15 is 4.39 Å². The van der Waals surface area contributed by atoms with E-state index < -0.39 is 5.82 Å². The first-order valence-corrected chi connectivity index (χ1v) is 14.4. The topological polar surface area (TPSA) is 102 Å². The Bertz CT molecular complexity index is 1570. The van der Waals surface area contributed by atoms with Crippen LogP contribution in [0.5, 0.6) is 6.01 Å². The molecule has 0 radical (unpaired) electrons. The Kier molecular flexibility index (Phi) is 6.43. The Morgan fingerprint density at radius 1 is 1.23 bits per heavy atom. The summed E-state index contributed by atoms with van der Waals surface area (Å²) < 4.78 is 29.4. The first-order chi connectivity index (χ1) is 19.0. The van der Waals surface area contributed by atoms with Gasteiger partial charge in [0.15, 0.2) is 10.9 Å². The van der Waals surface area contributed by atoms with Crippen LogP contribution < -0.4 is 20.7 Å². The Balaban J connectivity index is 1.39. The minimum Gasteiger partial charge on any atom is -0.462 e. The molecule has 2 unspecified atom stereocenters. The highest BCUT2D eigenvalue weighted by molar-refractivity contribution is 7.22. The van der Waals surface area contributed by atoms with E-state index in [9.17, 15) is 0 Å². The molecule has 0 spiro atoms. The maximum Gasteiger partial charge on any atom is 0.319 e. The van der Waals surface area contributed by atoms with E-state index in [-0.39, 0.29) is 40.2 Å². The zero-order valence-electron chi connectivity index (χ0n) is 21.5. The second kappa shape index (κ2) is 9.97. The number of nitrogens with two attached hydrogens (primary N) is 1. The molecule has 3 atom stereocenters. The van der Waals surface area contributed by atoms with Crippen LogP contribution in [-0.4, -0.2) is 84.5 Å². The monoisotopic (exact) mass is 569 g/mol. The van der Waals surface area contributed by atoms with Crippen LogP contribution in [0.1, 0.15) is 12.8 Å². The second-order valence-corrected chi connectivity index (χ2v) is 11.9. The van der Waals surface area contributed by atoms with Crippen LogP contribution in [0.15, 0.2) is 24.3 Å². The Morgan fingerprint density at radius 3 is 2.97 bits per heavy atom. The van der Waals surface area contributed by atoms with Crippen LogP contribution in [0, 0.1) is 5.82 Å². The first kappa shape index (κ1) is 25.2. The fraction of sp³-hybridized carbons (Fsp3) is 0.444. The number of likely N-dealkylation sites (N-methyl/N-ethyl adjacent to an activating group) is 1. The molecule has 4 aromatic rings. The molecule has 0 aliphatic carbocycles. The molecule has 0 bridgehead atoms. The first-order valence-electron chi connectivity index (χ1n) is 13.2. The van der Waals surface area contributed by atoms with Gasteiger partial charge in [-0.1, -0.05) is 35.1 Å². The molecule has 3 N–H and O–H groups in total. The molecule has 3 saturated heterocycles. The van der Waals surface area contributed by atoms with E-state index in [2.05, 4.69) is 32.1 Å². The largest absolute Gasteiger partial charge is 0.462 e. The summed E-state index contributed by atoms with van der Waals surface area (Å²) >= 11 is 8.19. The van der Waals surface area contributed by atoms with Crippen molar-refractivity contribution in [2.24, 2.45) is 0 Å². The Labute approximate surface area is 234 Å². The van der Waals surface area contributed by atoms with Gasteiger partial charge in [0.1, 0.15) is 17.9 Å². The lowest BCUT2D eigenvalue weighted by molar-refractivity contribution is 0.187. The van der Waals surface area contributed by atoms with Crippen molar-refractivity contribution < 1.29 is 13.9 Å². The van der Waals surface area contributed by atoms with Crippen molar-refractivity contribution in [2.75, 3.05) is 57.1 Å². The van der Waals surface area contributed by atoms with E-state index in [0.717, 1.165) is 30.6 Å². The molecule has 3 aliphatic heterocycles. The molecule has 2 aromatic heterocycles. The number of likely N-dealkylation sites (tertiary alicyclic amines) is 1. The van der Waals surface area contributed by atoms with Crippen LogP contribution in [-0.2, 0) is 4.74 Å². The summed E-state index contributed by atoms with van der Waals surface area (Å²) in [5.41, 5.74) is 7.59. The van der Waals surface area contributed by atoms with Gasteiger partial charge in [-0.15, -0.1) is 0 Å². The van der Waals surface area contributed by atoms with Crippen molar-refractivity contribution in [3.63, 3.8) is 0 Å². The van der Waals surface area contributed by atoms with Crippen LogP contribution in [0.3, 0.4) is 0 Å². The maximum atomic E-state index is 16.6. The number of halogens is 2. The molecule has 0 saturated carbocycles. The molecule has 5 heterocycles. The highest BCUT2D eigenvalue weighted by Crippen LogP contribution is 2.42. The molecule has 0 amide bonds. The number of thiazole rings is 1. The molecule has 2 aromatic carbocycles. The van der Waals surface area contributed by atoms with Gasteiger partial charge in [0.05, 0.1) is 40.5 Å². The van der Waals surface area contributed by atoms with Crippen LogP contribution in [0.4, 0.5) is 15.3 Å². The van der Waals surface area contributed by atoms with Crippen molar-refractivity contribution in [2.45, 2.75) is 31.0 Å². The van der Waals surface area contributed by atoms with Gasteiger partial charge in [-0.25, -0.2) is 9.37 Å². The lowest BCUT2D eigenvalue weighted by atomic mass is 10.0. The van der Waals surface area contributed by atoms with Crippen molar-refractivity contribution in [1.29, 1.82) is 0 Å². The standard InChI is InChI=1S/C27H29ClFN7O2S/c1-35-8-3-4-14(35)11-38-27-33-24-16(25(34-27)36-9-7-31-18-12-37-13-19(18)36)10-17(28)21(22(24)29)15-5-2-6-20-23(15)32-26(30)39-20/h2,5-6,10,14,18-19,31H,3-4,7-9,11-13H2,1H3,(H2,30,32)/t14-,18?,19?/m0/s1. The number of aromatic nitrogens is 3. The van der Waals surface area contributed by atoms with Crippen LogP contribution in [0.2, 0.25) is 5.02 Å². The van der Waals surface area contributed by atoms with Crippen LogP contribution >= 0.6 is 22.9 Å². The van der Waals surface area contributed by atoms with E-state index in [0.29, 0.717) is 53.8 Å². The van der Waals surface area contributed by atoms with Crippen molar-refractivity contribution in [1.82, 2.24) is 25.2 Å². The molecular weight excluding hydrogens is 541 g/mol. The zero-order chi connectivity index (χ0) is 26.7. The van der Waals surface area contributed by atoms with Crippen LogP contribution in [0.25, 0.3) is 32.2 Å². The zero-order valence-corrected chi connectivity index (χ0v) is 23.1. The Morgan fingerprint density at radius 2 is 2.13 bits per heavy atom. The molecular formula is C27H29ClFN7O2S. The molecule has 7 rings (SSSR count). The third-order valence-corrected chi connectivity index (χ3v) is 9.25. The number of fused-ring (bicyclic) bond motifs is 3. The Hall–Kier alpha value is -2.83. The SMILES string of the molecule is CN1CCC[C@H]1COc1nc(N2CCNC3COCC32)c2cc(Cl)c(-c3cccc4sc(N)nc34)c(F)c2n1. The smallest absolute Gasteiger partial charge is 0.319 e. The number of benzene rings is 2. The highest BCUT2D eigenvalue weighted by atomic mass is 35.5. The van der Waals surface area contributed by atoms with Gasteiger partial charge in [-0.3, -0.25) is 0 Å².